The van der Waals surface area contributed by atoms with Gasteiger partial charge in [-0.05, 0) is 53.9 Å². The molecular weight excluding hydrogens is 264 g/mol. The van der Waals surface area contributed by atoms with E-state index >= 15 is 0 Å². The highest BCUT2D eigenvalue weighted by Crippen LogP contribution is 2.28. The molecule has 0 heterocycles. The Hall–Kier alpha value is -1.01. The van der Waals surface area contributed by atoms with Crippen LogP contribution in [-0.4, -0.2) is 5.54 Å². The van der Waals surface area contributed by atoms with Gasteiger partial charge >= 0.3 is 0 Å². The van der Waals surface area contributed by atoms with Crippen molar-refractivity contribution in [3.05, 3.63) is 28.2 Å². The Kier molecular flexibility index (Phi) is 4.37. The highest BCUT2D eigenvalue weighted by Gasteiger charge is 2.19. The van der Waals surface area contributed by atoms with Gasteiger partial charge in [0.1, 0.15) is 0 Å². The Labute approximate surface area is 106 Å². The molecule has 0 radical (unpaired) electrons. The summed E-state index contributed by atoms with van der Waals surface area (Å²) in [6.07, 6.45) is 2.13. The summed E-state index contributed by atoms with van der Waals surface area (Å²) < 4.78 is 0.944. The summed E-state index contributed by atoms with van der Waals surface area (Å²) in [6, 6.07) is 7.75. The zero-order valence-electron chi connectivity index (χ0n) is 9.97. The first-order valence-corrected chi connectivity index (χ1v) is 6.31. The van der Waals surface area contributed by atoms with Gasteiger partial charge < -0.3 is 5.32 Å². The van der Waals surface area contributed by atoms with E-state index in [0.29, 0.717) is 5.56 Å². The summed E-state index contributed by atoms with van der Waals surface area (Å²) in [5.41, 5.74) is 1.83. The highest BCUT2D eigenvalue weighted by atomic mass is 79.9. The summed E-state index contributed by atoms with van der Waals surface area (Å²) >= 11 is 3.49. The number of nitrogens with zero attached hydrogens (tertiary/aromatic N) is 1. The minimum absolute atomic E-state index is 0.108. The van der Waals surface area contributed by atoms with Crippen LogP contribution in [0.2, 0.25) is 0 Å². The molecule has 3 heteroatoms. The van der Waals surface area contributed by atoms with Crippen LogP contribution in [-0.2, 0) is 0 Å². The Morgan fingerprint density at radius 3 is 2.44 bits per heavy atom. The fourth-order valence-corrected chi connectivity index (χ4v) is 1.92. The summed E-state index contributed by atoms with van der Waals surface area (Å²) in [4.78, 5) is 0. The first-order valence-electron chi connectivity index (χ1n) is 5.52. The first kappa shape index (κ1) is 13.1. The average molecular weight is 281 g/mol. The van der Waals surface area contributed by atoms with Gasteiger partial charge in [-0.3, -0.25) is 0 Å². The maximum atomic E-state index is 8.79. The number of hydrogen-bond acceptors (Lipinski definition) is 2. The second-order valence-electron chi connectivity index (χ2n) is 4.20. The smallest absolute Gasteiger partial charge is 0.0992 e. The van der Waals surface area contributed by atoms with E-state index in [9.17, 15) is 0 Å². The molecule has 0 aromatic heterocycles. The highest BCUT2D eigenvalue weighted by molar-refractivity contribution is 9.10. The van der Waals surface area contributed by atoms with Crippen LogP contribution in [0.25, 0.3) is 0 Å². The maximum Gasteiger partial charge on any atom is 0.0992 e. The van der Waals surface area contributed by atoms with Gasteiger partial charge in [0.05, 0.1) is 11.6 Å². The van der Waals surface area contributed by atoms with Crippen LogP contribution in [0.5, 0.6) is 0 Å². The maximum absolute atomic E-state index is 8.79. The zero-order chi connectivity index (χ0) is 12.2. The number of halogens is 1. The number of nitriles is 1. The molecule has 0 unspecified atom stereocenters. The SMILES string of the molecule is CCC(C)(CC)Nc1ccc(C#N)cc1Br. The number of benzene rings is 1. The van der Waals surface area contributed by atoms with Crippen molar-refractivity contribution < 1.29 is 0 Å². The van der Waals surface area contributed by atoms with Crippen LogP contribution in [0.1, 0.15) is 39.2 Å². The van der Waals surface area contributed by atoms with E-state index < -0.39 is 0 Å². The van der Waals surface area contributed by atoms with Crippen LogP contribution < -0.4 is 5.32 Å². The van der Waals surface area contributed by atoms with E-state index in [1.54, 1.807) is 0 Å². The summed E-state index contributed by atoms with van der Waals surface area (Å²) in [5.74, 6) is 0. The summed E-state index contributed by atoms with van der Waals surface area (Å²) in [6.45, 7) is 6.56. The van der Waals surface area contributed by atoms with E-state index in [1.807, 2.05) is 18.2 Å². The summed E-state index contributed by atoms with van der Waals surface area (Å²) in [7, 11) is 0. The predicted molar refractivity (Wildman–Crippen MR) is 71.5 cm³/mol. The van der Waals surface area contributed by atoms with Gasteiger partial charge in [-0.25, -0.2) is 0 Å². The van der Waals surface area contributed by atoms with Crippen molar-refractivity contribution in [1.29, 1.82) is 5.26 Å². The topological polar surface area (TPSA) is 35.8 Å². The van der Waals surface area contributed by atoms with Crippen molar-refractivity contribution in [2.24, 2.45) is 0 Å². The fourth-order valence-electron chi connectivity index (χ4n) is 1.44. The Morgan fingerprint density at radius 2 is 2.00 bits per heavy atom. The van der Waals surface area contributed by atoms with Gasteiger partial charge in [0, 0.05) is 15.7 Å². The lowest BCUT2D eigenvalue weighted by atomic mass is 9.95. The zero-order valence-corrected chi connectivity index (χ0v) is 11.6. The molecule has 1 rings (SSSR count). The first-order chi connectivity index (χ1) is 7.54. The lowest BCUT2D eigenvalue weighted by molar-refractivity contribution is 0.478. The van der Waals surface area contributed by atoms with Gasteiger partial charge in [-0.1, -0.05) is 13.8 Å². The van der Waals surface area contributed by atoms with Gasteiger partial charge in [0.15, 0.2) is 0 Å². The van der Waals surface area contributed by atoms with Crippen molar-refractivity contribution in [2.75, 3.05) is 5.32 Å². The molecule has 2 nitrogen and oxygen atoms in total. The molecule has 0 aliphatic heterocycles. The van der Waals surface area contributed by atoms with Gasteiger partial charge in [0.25, 0.3) is 0 Å². The van der Waals surface area contributed by atoms with Gasteiger partial charge in [-0.15, -0.1) is 0 Å². The van der Waals surface area contributed by atoms with Crippen LogP contribution in [0.3, 0.4) is 0 Å². The largest absolute Gasteiger partial charge is 0.379 e. The van der Waals surface area contributed by atoms with E-state index in [0.717, 1.165) is 23.0 Å². The van der Waals surface area contributed by atoms with Crippen molar-refractivity contribution in [1.82, 2.24) is 0 Å². The minimum atomic E-state index is 0.108. The monoisotopic (exact) mass is 280 g/mol. The van der Waals surface area contributed by atoms with E-state index in [-0.39, 0.29) is 5.54 Å². The van der Waals surface area contributed by atoms with Crippen LogP contribution in [0, 0.1) is 11.3 Å². The van der Waals surface area contributed by atoms with Crippen molar-refractivity contribution in [3.8, 4) is 6.07 Å². The van der Waals surface area contributed by atoms with E-state index in [4.69, 9.17) is 5.26 Å². The standard InChI is InChI=1S/C13H17BrN2/c1-4-13(3,5-2)16-12-7-6-10(9-15)8-11(12)14/h6-8,16H,4-5H2,1-3H3. The second kappa shape index (κ2) is 5.36. The number of anilines is 1. The quantitative estimate of drug-likeness (QED) is 0.892. The molecule has 86 valence electrons. The molecule has 0 fully saturated rings. The molecule has 0 saturated heterocycles. The van der Waals surface area contributed by atoms with Crippen LogP contribution in [0.4, 0.5) is 5.69 Å². The molecule has 0 spiro atoms. The Balaban J connectivity index is 2.94. The lowest BCUT2D eigenvalue weighted by Gasteiger charge is -2.30. The van der Waals surface area contributed by atoms with Crippen molar-refractivity contribution in [3.63, 3.8) is 0 Å². The summed E-state index contributed by atoms with van der Waals surface area (Å²) in [5, 5.41) is 12.3. The van der Waals surface area contributed by atoms with Crippen molar-refractivity contribution in [2.45, 2.75) is 39.2 Å². The molecule has 1 aromatic carbocycles. The molecule has 0 bridgehead atoms. The normalized spacial score (nSPS) is 10.9. The third-order valence-corrected chi connectivity index (χ3v) is 3.75. The molecule has 0 aliphatic carbocycles. The molecule has 1 N–H and O–H groups in total. The molecule has 16 heavy (non-hydrogen) atoms. The second-order valence-corrected chi connectivity index (χ2v) is 5.05. The number of nitrogens with one attached hydrogen (secondary N) is 1. The lowest BCUT2D eigenvalue weighted by Crippen LogP contribution is -2.33. The van der Waals surface area contributed by atoms with Gasteiger partial charge in [0.2, 0.25) is 0 Å². The number of rotatable bonds is 4. The van der Waals surface area contributed by atoms with E-state index in [1.165, 1.54) is 0 Å². The van der Waals surface area contributed by atoms with E-state index in [2.05, 4.69) is 48.1 Å². The molecule has 1 aromatic rings. The molecule has 0 atom stereocenters. The molecule has 0 aliphatic rings. The number of hydrogen-bond donors (Lipinski definition) is 1. The minimum Gasteiger partial charge on any atom is -0.379 e. The van der Waals surface area contributed by atoms with Gasteiger partial charge in [-0.2, -0.15) is 5.26 Å². The average Bonchev–Trinajstić information content (AvgIpc) is 2.31. The Morgan fingerprint density at radius 1 is 1.38 bits per heavy atom. The molecule has 0 amide bonds. The molecule has 0 saturated carbocycles. The third kappa shape index (κ3) is 2.99. The fraction of sp³-hybridized carbons (Fsp3) is 0.462. The molecular formula is C13H17BrN2. The van der Waals surface area contributed by atoms with Crippen molar-refractivity contribution >= 4 is 21.6 Å². The Bertz CT molecular complexity index is 403. The van der Waals surface area contributed by atoms with Crippen LogP contribution in [0.15, 0.2) is 22.7 Å². The van der Waals surface area contributed by atoms with Crippen LogP contribution >= 0.6 is 15.9 Å². The predicted octanol–water partition coefficient (Wildman–Crippen LogP) is 4.31. The third-order valence-electron chi connectivity index (χ3n) is 3.10.